The highest BCUT2D eigenvalue weighted by molar-refractivity contribution is 7.14. The number of thiophene rings is 1. The number of hydrogen-bond donors (Lipinski definition) is 3. The molecule has 2 aliphatic rings. The lowest BCUT2D eigenvalue weighted by Gasteiger charge is -2.33. The zero-order valence-corrected chi connectivity index (χ0v) is 15.7. The van der Waals surface area contributed by atoms with Crippen LogP contribution >= 0.6 is 11.3 Å². The van der Waals surface area contributed by atoms with E-state index in [0.717, 1.165) is 40.2 Å². The summed E-state index contributed by atoms with van der Waals surface area (Å²) < 4.78 is 0. The Morgan fingerprint density at radius 2 is 2.04 bits per heavy atom. The molecular formula is C19H18N4O4S. The van der Waals surface area contributed by atoms with Gasteiger partial charge in [-0.1, -0.05) is 24.3 Å². The van der Waals surface area contributed by atoms with E-state index in [2.05, 4.69) is 10.6 Å². The number of hydrogen-bond acceptors (Lipinski definition) is 5. The maximum absolute atomic E-state index is 13.2. The number of nitrogens with zero attached hydrogens (tertiary/aromatic N) is 1. The number of nitrogens with two attached hydrogens (primary N) is 1. The summed E-state index contributed by atoms with van der Waals surface area (Å²) in [6.07, 6.45) is 2.10. The minimum Gasteiger partial charge on any atom is -0.366 e. The van der Waals surface area contributed by atoms with Crippen molar-refractivity contribution < 1.29 is 19.2 Å². The van der Waals surface area contributed by atoms with Gasteiger partial charge in [-0.2, -0.15) is 0 Å². The SMILES string of the molecule is NC(=O)c1ccsc1NC(=O)CN1C(=O)N[C@@]2(CCCc3ccccc32)C1=O. The molecule has 1 spiro atoms. The van der Waals surface area contributed by atoms with E-state index in [1.54, 1.807) is 5.38 Å². The van der Waals surface area contributed by atoms with Crippen LogP contribution in [0.2, 0.25) is 0 Å². The first-order valence-corrected chi connectivity index (χ1v) is 9.70. The van der Waals surface area contributed by atoms with Gasteiger partial charge in [0.2, 0.25) is 5.91 Å². The number of rotatable bonds is 4. The molecule has 1 aliphatic carbocycles. The Morgan fingerprint density at radius 3 is 2.82 bits per heavy atom. The molecule has 1 aliphatic heterocycles. The highest BCUT2D eigenvalue weighted by Crippen LogP contribution is 2.39. The Kier molecular flexibility index (Phi) is 4.38. The van der Waals surface area contributed by atoms with Gasteiger partial charge in [-0.25, -0.2) is 4.79 Å². The molecule has 5 amide bonds. The lowest BCUT2D eigenvalue weighted by Crippen LogP contribution is -2.47. The summed E-state index contributed by atoms with van der Waals surface area (Å²) in [5, 5.41) is 7.28. The molecule has 4 rings (SSSR count). The maximum atomic E-state index is 13.2. The van der Waals surface area contributed by atoms with Gasteiger partial charge >= 0.3 is 6.03 Å². The van der Waals surface area contributed by atoms with Crippen molar-refractivity contribution in [2.45, 2.75) is 24.8 Å². The highest BCUT2D eigenvalue weighted by atomic mass is 32.1. The largest absolute Gasteiger partial charge is 0.366 e. The number of urea groups is 1. The summed E-state index contributed by atoms with van der Waals surface area (Å²) in [7, 11) is 0. The number of imide groups is 1. The first-order valence-electron chi connectivity index (χ1n) is 8.82. The van der Waals surface area contributed by atoms with Crippen LogP contribution in [0.25, 0.3) is 0 Å². The second kappa shape index (κ2) is 6.75. The zero-order chi connectivity index (χ0) is 19.9. The predicted octanol–water partition coefficient (Wildman–Crippen LogP) is 1.57. The first kappa shape index (κ1) is 18.2. The third kappa shape index (κ3) is 2.84. The van der Waals surface area contributed by atoms with Crippen molar-refractivity contribution in [3.8, 4) is 0 Å². The number of carbonyl (C=O) groups is 4. The Balaban J connectivity index is 1.55. The molecule has 9 heteroatoms. The first-order chi connectivity index (χ1) is 13.4. The van der Waals surface area contributed by atoms with Crippen molar-refractivity contribution >= 4 is 40.1 Å². The summed E-state index contributed by atoms with van der Waals surface area (Å²) in [5.41, 5.74) is 6.15. The summed E-state index contributed by atoms with van der Waals surface area (Å²) in [4.78, 5) is 50.4. The summed E-state index contributed by atoms with van der Waals surface area (Å²) in [6.45, 7) is -0.440. The molecule has 0 bridgehead atoms. The number of primary amides is 1. The molecule has 0 saturated carbocycles. The lowest BCUT2D eigenvalue weighted by atomic mass is 9.76. The second-order valence-electron chi connectivity index (χ2n) is 6.81. The average Bonchev–Trinajstić information content (AvgIpc) is 3.21. The molecule has 0 unspecified atom stereocenters. The standard InChI is InChI=1S/C19H18N4O4S/c20-15(25)12-7-9-28-16(12)21-14(24)10-23-17(26)19(22-18(23)27)8-3-5-11-4-1-2-6-13(11)19/h1-2,4,6-7,9H,3,5,8,10H2,(H2,20,25)(H,21,24)(H,22,27)/t19-/m1/s1. The van der Waals surface area contributed by atoms with Gasteiger partial charge in [0, 0.05) is 0 Å². The predicted molar refractivity (Wildman–Crippen MR) is 103 cm³/mol. The molecule has 28 heavy (non-hydrogen) atoms. The van der Waals surface area contributed by atoms with Crippen LogP contribution in [0.3, 0.4) is 0 Å². The van der Waals surface area contributed by atoms with Crippen LogP contribution in [0.4, 0.5) is 9.80 Å². The number of amides is 5. The molecule has 1 aromatic heterocycles. The zero-order valence-electron chi connectivity index (χ0n) is 14.9. The van der Waals surface area contributed by atoms with Crippen molar-refractivity contribution in [1.82, 2.24) is 10.2 Å². The van der Waals surface area contributed by atoms with E-state index in [4.69, 9.17) is 5.73 Å². The maximum Gasteiger partial charge on any atom is 0.325 e. The van der Waals surface area contributed by atoms with Crippen molar-refractivity contribution in [3.05, 3.63) is 52.4 Å². The van der Waals surface area contributed by atoms with Gasteiger partial charge in [-0.3, -0.25) is 19.3 Å². The summed E-state index contributed by atoms with van der Waals surface area (Å²) in [5.74, 6) is -1.67. The van der Waals surface area contributed by atoms with Crippen molar-refractivity contribution in [2.75, 3.05) is 11.9 Å². The molecule has 2 heterocycles. The Bertz CT molecular complexity index is 1000. The van der Waals surface area contributed by atoms with Gasteiger partial charge in [-0.15, -0.1) is 11.3 Å². The van der Waals surface area contributed by atoms with Gasteiger partial charge in [-0.05, 0) is 41.8 Å². The van der Waals surface area contributed by atoms with Gasteiger partial charge in [0.15, 0.2) is 0 Å². The van der Waals surface area contributed by atoms with E-state index >= 15 is 0 Å². The minimum absolute atomic E-state index is 0.188. The molecule has 8 nitrogen and oxygen atoms in total. The van der Waals surface area contributed by atoms with Gasteiger partial charge in [0.25, 0.3) is 11.8 Å². The highest BCUT2D eigenvalue weighted by Gasteiger charge is 2.54. The van der Waals surface area contributed by atoms with Crippen LogP contribution in [-0.4, -0.2) is 35.2 Å². The topological polar surface area (TPSA) is 122 Å². The molecule has 2 aromatic rings. The van der Waals surface area contributed by atoms with Crippen LogP contribution in [0.5, 0.6) is 0 Å². The van der Waals surface area contributed by atoms with Crippen LogP contribution in [-0.2, 0) is 21.5 Å². The van der Waals surface area contributed by atoms with E-state index < -0.39 is 35.8 Å². The monoisotopic (exact) mass is 398 g/mol. The fraction of sp³-hybridized carbons (Fsp3) is 0.263. The van der Waals surface area contributed by atoms with E-state index in [1.165, 1.54) is 6.07 Å². The number of fused-ring (bicyclic) bond motifs is 2. The summed E-state index contributed by atoms with van der Waals surface area (Å²) in [6, 6.07) is 8.45. The Labute approximate surface area is 164 Å². The van der Waals surface area contributed by atoms with E-state index in [-0.39, 0.29) is 5.56 Å². The molecule has 4 N–H and O–H groups in total. The molecular weight excluding hydrogens is 380 g/mol. The quantitative estimate of drug-likeness (QED) is 0.677. The number of aryl methyl sites for hydroxylation is 1. The van der Waals surface area contributed by atoms with E-state index in [9.17, 15) is 19.2 Å². The van der Waals surface area contributed by atoms with Gasteiger partial charge < -0.3 is 16.4 Å². The smallest absolute Gasteiger partial charge is 0.325 e. The number of carbonyl (C=O) groups excluding carboxylic acids is 4. The van der Waals surface area contributed by atoms with Crippen LogP contribution in [0.15, 0.2) is 35.7 Å². The van der Waals surface area contributed by atoms with Crippen LogP contribution in [0, 0.1) is 0 Å². The molecule has 1 atom stereocenters. The lowest BCUT2D eigenvalue weighted by molar-refractivity contribution is -0.134. The number of anilines is 1. The minimum atomic E-state index is -1.12. The van der Waals surface area contributed by atoms with Crippen molar-refractivity contribution in [2.24, 2.45) is 5.73 Å². The second-order valence-corrected chi connectivity index (χ2v) is 7.73. The van der Waals surface area contributed by atoms with Crippen molar-refractivity contribution in [3.63, 3.8) is 0 Å². The molecule has 1 fully saturated rings. The number of nitrogens with one attached hydrogen (secondary N) is 2. The third-order valence-corrected chi connectivity index (χ3v) is 5.97. The molecule has 0 radical (unpaired) electrons. The normalized spacial score (nSPS) is 20.8. The average molecular weight is 398 g/mol. The summed E-state index contributed by atoms with van der Waals surface area (Å²) >= 11 is 1.14. The Hall–Kier alpha value is -3.20. The van der Waals surface area contributed by atoms with Crippen LogP contribution < -0.4 is 16.4 Å². The fourth-order valence-corrected chi connectivity index (χ4v) is 4.67. The van der Waals surface area contributed by atoms with E-state index in [1.807, 2.05) is 24.3 Å². The molecule has 1 saturated heterocycles. The van der Waals surface area contributed by atoms with Gasteiger partial charge in [0.05, 0.1) is 5.56 Å². The molecule has 1 aromatic carbocycles. The fourth-order valence-electron chi connectivity index (χ4n) is 3.86. The third-order valence-electron chi connectivity index (χ3n) is 5.14. The van der Waals surface area contributed by atoms with Crippen molar-refractivity contribution in [1.29, 1.82) is 0 Å². The Morgan fingerprint density at radius 1 is 1.25 bits per heavy atom. The number of benzene rings is 1. The molecule has 144 valence electrons. The van der Waals surface area contributed by atoms with Crippen LogP contribution in [0.1, 0.15) is 34.3 Å². The van der Waals surface area contributed by atoms with Gasteiger partial charge in [0.1, 0.15) is 17.1 Å². The van der Waals surface area contributed by atoms with E-state index in [0.29, 0.717) is 11.4 Å².